The highest BCUT2D eigenvalue weighted by Gasteiger charge is 2.17. The van der Waals surface area contributed by atoms with Crippen LogP contribution >= 0.6 is 11.3 Å². The zero-order valence-electron chi connectivity index (χ0n) is 12.1. The van der Waals surface area contributed by atoms with Gasteiger partial charge in [-0.15, -0.1) is 11.3 Å². The van der Waals surface area contributed by atoms with E-state index in [-0.39, 0.29) is 0 Å². The lowest BCUT2D eigenvalue weighted by Gasteiger charge is -2.26. The second-order valence-corrected chi connectivity index (χ2v) is 7.00. The van der Waals surface area contributed by atoms with Crippen molar-refractivity contribution < 1.29 is 0 Å². The Labute approximate surface area is 126 Å². The van der Waals surface area contributed by atoms with Crippen LogP contribution in [0, 0.1) is 5.92 Å². The van der Waals surface area contributed by atoms with E-state index in [9.17, 15) is 0 Å². The first-order valence-corrected chi connectivity index (χ1v) is 8.55. The first-order chi connectivity index (χ1) is 9.81. The van der Waals surface area contributed by atoms with Gasteiger partial charge in [0, 0.05) is 17.5 Å². The van der Waals surface area contributed by atoms with Crippen LogP contribution in [0.3, 0.4) is 0 Å². The summed E-state index contributed by atoms with van der Waals surface area (Å²) in [6, 6.07) is 13.7. The molecule has 1 aliphatic rings. The van der Waals surface area contributed by atoms with Crippen molar-refractivity contribution in [2.24, 2.45) is 5.92 Å². The molecule has 0 spiro atoms. The molecular formula is C18H23NS. The van der Waals surface area contributed by atoms with Crippen molar-refractivity contribution in [1.82, 2.24) is 5.32 Å². The van der Waals surface area contributed by atoms with E-state index in [2.05, 4.69) is 54.0 Å². The molecule has 0 bridgehead atoms. The molecule has 1 saturated carbocycles. The monoisotopic (exact) mass is 285 g/mol. The second kappa shape index (κ2) is 6.55. The van der Waals surface area contributed by atoms with E-state index in [0.29, 0.717) is 0 Å². The summed E-state index contributed by atoms with van der Waals surface area (Å²) in [5.74, 6) is 0.930. The van der Waals surface area contributed by atoms with Gasteiger partial charge in [-0.3, -0.25) is 0 Å². The van der Waals surface area contributed by atoms with Gasteiger partial charge in [-0.1, -0.05) is 37.3 Å². The predicted octanol–water partition coefficient (Wildman–Crippen LogP) is 5.08. The fraction of sp³-hybridized carbons (Fsp3) is 0.444. The highest BCUT2D eigenvalue weighted by molar-refractivity contribution is 7.10. The largest absolute Gasteiger partial charge is 0.309 e. The number of rotatable bonds is 4. The molecule has 1 aromatic carbocycles. The Morgan fingerprint density at radius 3 is 2.55 bits per heavy atom. The standard InChI is InChI=1S/C18H23NS/c1-14-7-9-17(10-8-14)19-12-18-11-16(13-20-18)15-5-3-2-4-6-15/h2-6,11,13-14,17,19H,7-10,12H2,1H3. The second-order valence-electron chi connectivity index (χ2n) is 6.01. The smallest absolute Gasteiger partial charge is 0.0302 e. The lowest BCUT2D eigenvalue weighted by Crippen LogP contribution is -2.31. The summed E-state index contributed by atoms with van der Waals surface area (Å²) in [5.41, 5.74) is 2.67. The van der Waals surface area contributed by atoms with Gasteiger partial charge in [0.15, 0.2) is 0 Å². The molecule has 0 aliphatic heterocycles. The quantitative estimate of drug-likeness (QED) is 0.825. The average Bonchev–Trinajstić information content (AvgIpc) is 2.97. The third kappa shape index (κ3) is 3.50. The molecule has 0 unspecified atom stereocenters. The Balaban J connectivity index is 1.55. The molecule has 20 heavy (non-hydrogen) atoms. The van der Waals surface area contributed by atoms with Crippen LogP contribution in [0.4, 0.5) is 0 Å². The molecule has 0 radical (unpaired) electrons. The normalized spacial score (nSPS) is 22.9. The molecule has 1 aliphatic carbocycles. The maximum Gasteiger partial charge on any atom is 0.0302 e. The fourth-order valence-corrected chi connectivity index (χ4v) is 3.81. The van der Waals surface area contributed by atoms with Gasteiger partial charge in [-0.05, 0) is 54.2 Å². The van der Waals surface area contributed by atoms with Crippen LogP contribution in [0.15, 0.2) is 41.8 Å². The number of nitrogens with one attached hydrogen (secondary N) is 1. The maximum atomic E-state index is 3.73. The van der Waals surface area contributed by atoms with Crippen LogP contribution in [0.25, 0.3) is 11.1 Å². The first-order valence-electron chi connectivity index (χ1n) is 7.67. The lowest BCUT2D eigenvalue weighted by atomic mass is 9.87. The van der Waals surface area contributed by atoms with E-state index >= 15 is 0 Å². The van der Waals surface area contributed by atoms with Crippen molar-refractivity contribution in [3.05, 3.63) is 46.7 Å². The maximum absolute atomic E-state index is 3.73. The van der Waals surface area contributed by atoms with Gasteiger partial charge >= 0.3 is 0 Å². The molecule has 2 heteroatoms. The minimum atomic E-state index is 0.730. The highest BCUT2D eigenvalue weighted by atomic mass is 32.1. The van der Waals surface area contributed by atoms with E-state index in [4.69, 9.17) is 0 Å². The number of hydrogen-bond donors (Lipinski definition) is 1. The van der Waals surface area contributed by atoms with Crippen molar-refractivity contribution in [3.8, 4) is 11.1 Å². The molecule has 2 aromatic rings. The molecule has 0 atom stereocenters. The topological polar surface area (TPSA) is 12.0 Å². The number of benzene rings is 1. The van der Waals surface area contributed by atoms with Crippen LogP contribution in [0.2, 0.25) is 0 Å². The SMILES string of the molecule is CC1CCC(NCc2cc(-c3ccccc3)cs2)CC1. The van der Waals surface area contributed by atoms with Crippen LogP contribution < -0.4 is 5.32 Å². The van der Waals surface area contributed by atoms with Crippen molar-refractivity contribution in [1.29, 1.82) is 0 Å². The highest BCUT2D eigenvalue weighted by Crippen LogP contribution is 2.27. The van der Waals surface area contributed by atoms with Crippen molar-refractivity contribution in [2.45, 2.75) is 45.2 Å². The summed E-state index contributed by atoms with van der Waals surface area (Å²) in [5, 5.41) is 6.01. The Morgan fingerprint density at radius 2 is 1.80 bits per heavy atom. The van der Waals surface area contributed by atoms with Gasteiger partial charge in [0.25, 0.3) is 0 Å². The Bertz CT molecular complexity index is 523. The van der Waals surface area contributed by atoms with Gasteiger partial charge in [0.2, 0.25) is 0 Å². The van der Waals surface area contributed by atoms with E-state index in [1.807, 2.05) is 11.3 Å². The zero-order chi connectivity index (χ0) is 13.8. The van der Waals surface area contributed by atoms with Gasteiger partial charge < -0.3 is 5.32 Å². The van der Waals surface area contributed by atoms with Crippen molar-refractivity contribution >= 4 is 11.3 Å². The van der Waals surface area contributed by atoms with E-state index in [0.717, 1.165) is 18.5 Å². The molecule has 0 amide bonds. The predicted molar refractivity (Wildman–Crippen MR) is 88.0 cm³/mol. The van der Waals surface area contributed by atoms with Crippen LogP contribution in [-0.4, -0.2) is 6.04 Å². The van der Waals surface area contributed by atoms with Crippen molar-refractivity contribution in [2.75, 3.05) is 0 Å². The molecule has 106 valence electrons. The fourth-order valence-electron chi connectivity index (χ4n) is 2.96. The average molecular weight is 285 g/mol. The summed E-state index contributed by atoms with van der Waals surface area (Å²) in [7, 11) is 0. The van der Waals surface area contributed by atoms with Crippen LogP contribution in [0.5, 0.6) is 0 Å². The summed E-state index contributed by atoms with van der Waals surface area (Å²) in [4.78, 5) is 1.45. The van der Waals surface area contributed by atoms with Gasteiger partial charge in [-0.2, -0.15) is 0 Å². The molecule has 3 rings (SSSR count). The zero-order valence-corrected chi connectivity index (χ0v) is 13.0. The molecule has 1 heterocycles. The Hall–Kier alpha value is -1.12. The lowest BCUT2D eigenvalue weighted by molar-refractivity contribution is 0.307. The van der Waals surface area contributed by atoms with Crippen molar-refractivity contribution in [3.63, 3.8) is 0 Å². The summed E-state index contributed by atoms with van der Waals surface area (Å²) >= 11 is 1.87. The third-order valence-electron chi connectivity index (χ3n) is 4.34. The number of thiophene rings is 1. The van der Waals surface area contributed by atoms with Gasteiger partial charge in [-0.25, -0.2) is 0 Å². The molecule has 1 fully saturated rings. The van der Waals surface area contributed by atoms with E-state index < -0.39 is 0 Å². The Kier molecular flexibility index (Phi) is 4.54. The number of hydrogen-bond acceptors (Lipinski definition) is 2. The minimum absolute atomic E-state index is 0.730. The van der Waals surface area contributed by atoms with E-state index in [1.165, 1.54) is 41.7 Å². The molecular weight excluding hydrogens is 262 g/mol. The van der Waals surface area contributed by atoms with Crippen LogP contribution in [-0.2, 0) is 6.54 Å². The van der Waals surface area contributed by atoms with Gasteiger partial charge in [0.05, 0.1) is 0 Å². The molecule has 1 nitrogen and oxygen atoms in total. The summed E-state index contributed by atoms with van der Waals surface area (Å²) < 4.78 is 0. The van der Waals surface area contributed by atoms with Crippen LogP contribution in [0.1, 0.15) is 37.5 Å². The van der Waals surface area contributed by atoms with E-state index in [1.54, 1.807) is 0 Å². The summed E-state index contributed by atoms with van der Waals surface area (Å²) in [6.45, 7) is 3.40. The third-order valence-corrected chi connectivity index (χ3v) is 5.28. The summed E-state index contributed by atoms with van der Waals surface area (Å²) in [6.07, 6.45) is 5.46. The Morgan fingerprint density at radius 1 is 1.05 bits per heavy atom. The molecule has 1 N–H and O–H groups in total. The first kappa shape index (κ1) is 13.8. The van der Waals surface area contributed by atoms with Gasteiger partial charge in [0.1, 0.15) is 0 Å². The molecule has 1 aromatic heterocycles. The molecule has 0 saturated heterocycles. The minimum Gasteiger partial charge on any atom is -0.309 e.